The molecule has 0 atom stereocenters. The lowest BCUT2D eigenvalue weighted by Gasteiger charge is -2.28. The van der Waals surface area contributed by atoms with Crippen LogP contribution in [0.5, 0.6) is 0 Å². The average Bonchev–Trinajstić information content (AvgIpc) is 2.90. The Morgan fingerprint density at radius 3 is 2.31 bits per heavy atom. The van der Waals surface area contributed by atoms with Crippen LogP contribution in [0, 0.1) is 0 Å². The number of carboxylic acid groups (broad SMARTS) is 1. The number of carbonyl (C=O) groups is 1. The van der Waals surface area contributed by atoms with Crippen molar-refractivity contribution in [3.05, 3.63) is 0 Å². The van der Waals surface area contributed by atoms with E-state index in [0.717, 1.165) is 12.8 Å². The molecular formula is C10H17NO4S. The second kappa shape index (κ2) is 4.00. The van der Waals surface area contributed by atoms with Gasteiger partial charge in [-0.05, 0) is 25.7 Å². The van der Waals surface area contributed by atoms with E-state index in [1.165, 1.54) is 0 Å². The van der Waals surface area contributed by atoms with Crippen molar-refractivity contribution in [3.63, 3.8) is 0 Å². The summed E-state index contributed by atoms with van der Waals surface area (Å²) in [6, 6.07) is 0. The molecule has 2 aliphatic carbocycles. The Bertz CT molecular complexity index is 380. The molecule has 0 aromatic carbocycles. The molecule has 2 saturated carbocycles. The largest absolute Gasteiger partial charge is 0.481 e. The first-order valence-electron chi connectivity index (χ1n) is 5.68. The highest BCUT2D eigenvalue weighted by molar-refractivity contribution is 7.90. The smallest absolute Gasteiger partial charge is 0.305 e. The minimum Gasteiger partial charge on any atom is -0.481 e. The van der Waals surface area contributed by atoms with Crippen LogP contribution in [0.3, 0.4) is 0 Å². The molecule has 0 amide bonds. The lowest BCUT2D eigenvalue weighted by molar-refractivity contribution is -0.138. The third-order valence-corrected chi connectivity index (χ3v) is 5.44. The van der Waals surface area contributed by atoms with Gasteiger partial charge in [-0.25, -0.2) is 13.1 Å². The van der Waals surface area contributed by atoms with Crippen LogP contribution in [0.15, 0.2) is 0 Å². The molecule has 2 N–H and O–H groups in total. The standard InChI is InChI=1S/C10H17NO4S/c12-9(13)7-10(5-1-2-6-10)11-16(14,15)8-3-4-8/h8,11H,1-7H2,(H,12,13). The third-order valence-electron chi connectivity index (χ3n) is 3.37. The molecule has 0 aliphatic heterocycles. The summed E-state index contributed by atoms with van der Waals surface area (Å²) in [5.74, 6) is -0.930. The maximum absolute atomic E-state index is 11.8. The van der Waals surface area contributed by atoms with Gasteiger partial charge >= 0.3 is 5.97 Å². The fraction of sp³-hybridized carbons (Fsp3) is 0.900. The van der Waals surface area contributed by atoms with E-state index in [2.05, 4.69) is 4.72 Å². The molecule has 2 fully saturated rings. The molecule has 2 rings (SSSR count). The molecular weight excluding hydrogens is 230 g/mol. The number of sulfonamides is 1. The van der Waals surface area contributed by atoms with Crippen molar-refractivity contribution in [2.45, 2.75) is 55.7 Å². The predicted octanol–water partition coefficient (Wildman–Crippen LogP) is 0.856. The summed E-state index contributed by atoms with van der Waals surface area (Å²) in [5, 5.41) is 8.58. The highest BCUT2D eigenvalue weighted by Gasteiger charge is 2.44. The summed E-state index contributed by atoms with van der Waals surface area (Å²) in [7, 11) is -3.29. The van der Waals surface area contributed by atoms with Gasteiger partial charge in [-0.2, -0.15) is 0 Å². The van der Waals surface area contributed by atoms with E-state index in [1.807, 2.05) is 0 Å². The monoisotopic (exact) mass is 247 g/mol. The predicted molar refractivity (Wildman–Crippen MR) is 58.5 cm³/mol. The van der Waals surface area contributed by atoms with Gasteiger partial charge in [0.2, 0.25) is 10.0 Å². The first-order chi connectivity index (χ1) is 7.44. The number of carboxylic acids is 1. The quantitative estimate of drug-likeness (QED) is 0.754. The van der Waals surface area contributed by atoms with E-state index in [-0.39, 0.29) is 11.7 Å². The number of hydrogen-bond donors (Lipinski definition) is 2. The van der Waals surface area contributed by atoms with Crippen LogP contribution in [0.2, 0.25) is 0 Å². The van der Waals surface area contributed by atoms with Crippen molar-refractivity contribution < 1.29 is 18.3 Å². The molecule has 2 aliphatic rings. The fourth-order valence-corrected chi connectivity index (χ4v) is 4.22. The zero-order valence-electron chi connectivity index (χ0n) is 9.11. The van der Waals surface area contributed by atoms with Gasteiger partial charge in [0.25, 0.3) is 0 Å². The van der Waals surface area contributed by atoms with Crippen molar-refractivity contribution in [3.8, 4) is 0 Å². The van der Waals surface area contributed by atoms with Crippen molar-refractivity contribution in [1.82, 2.24) is 4.72 Å². The Morgan fingerprint density at radius 1 is 1.31 bits per heavy atom. The molecule has 0 aromatic heterocycles. The van der Waals surface area contributed by atoms with Gasteiger partial charge < -0.3 is 5.11 Å². The van der Waals surface area contributed by atoms with Crippen LogP contribution in [0.4, 0.5) is 0 Å². The Labute approximate surface area is 95.3 Å². The number of hydrogen-bond acceptors (Lipinski definition) is 3. The zero-order valence-corrected chi connectivity index (χ0v) is 9.92. The highest BCUT2D eigenvalue weighted by Crippen LogP contribution is 2.36. The molecule has 0 unspecified atom stereocenters. The van der Waals surface area contributed by atoms with Gasteiger partial charge in [-0.1, -0.05) is 12.8 Å². The van der Waals surface area contributed by atoms with Gasteiger partial charge in [0.15, 0.2) is 0 Å². The molecule has 0 heterocycles. The van der Waals surface area contributed by atoms with Crippen LogP contribution in [-0.4, -0.2) is 30.3 Å². The van der Waals surface area contributed by atoms with Crippen LogP contribution < -0.4 is 4.72 Å². The molecule has 6 heteroatoms. The molecule has 0 spiro atoms. The van der Waals surface area contributed by atoms with Crippen molar-refractivity contribution in [2.24, 2.45) is 0 Å². The molecule has 5 nitrogen and oxygen atoms in total. The Morgan fingerprint density at radius 2 is 1.88 bits per heavy atom. The minimum atomic E-state index is -3.29. The number of rotatable bonds is 5. The summed E-state index contributed by atoms with van der Waals surface area (Å²) in [6.45, 7) is 0. The normalized spacial score (nSPS) is 24.5. The van der Waals surface area contributed by atoms with Gasteiger partial charge in [0.05, 0.1) is 11.7 Å². The zero-order chi connectivity index (χ0) is 11.8. The van der Waals surface area contributed by atoms with E-state index >= 15 is 0 Å². The Kier molecular flexibility index (Phi) is 2.96. The summed E-state index contributed by atoms with van der Waals surface area (Å²) in [6.07, 6.45) is 4.41. The van der Waals surface area contributed by atoms with E-state index in [4.69, 9.17) is 5.11 Å². The second-order valence-corrected chi connectivity index (χ2v) is 6.87. The van der Waals surface area contributed by atoms with E-state index in [1.54, 1.807) is 0 Å². The van der Waals surface area contributed by atoms with Crippen LogP contribution in [0.25, 0.3) is 0 Å². The fourth-order valence-electron chi connectivity index (χ4n) is 2.42. The van der Waals surface area contributed by atoms with E-state index < -0.39 is 21.5 Å². The molecule has 92 valence electrons. The third kappa shape index (κ3) is 2.55. The van der Waals surface area contributed by atoms with Gasteiger partial charge in [-0.15, -0.1) is 0 Å². The maximum Gasteiger partial charge on any atom is 0.305 e. The summed E-state index contributed by atoms with van der Waals surface area (Å²) < 4.78 is 26.3. The van der Waals surface area contributed by atoms with Crippen molar-refractivity contribution in [2.75, 3.05) is 0 Å². The SMILES string of the molecule is O=C(O)CC1(NS(=O)(=O)C2CC2)CCCC1. The maximum atomic E-state index is 11.8. The lowest BCUT2D eigenvalue weighted by atomic mass is 9.95. The lowest BCUT2D eigenvalue weighted by Crippen LogP contribution is -2.48. The molecule has 0 aromatic rings. The van der Waals surface area contributed by atoms with Crippen molar-refractivity contribution >= 4 is 16.0 Å². The van der Waals surface area contributed by atoms with Crippen LogP contribution in [0.1, 0.15) is 44.9 Å². The van der Waals surface area contributed by atoms with Crippen molar-refractivity contribution in [1.29, 1.82) is 0 Å². The van der Waals surface area contributed by atoms with E-state index in [0.29, 0.717) is 25.7 Å². The second-order valence-electron chi connectivity index (χ2n) is 4.90. The summed E-state index contributed by atoms with van der Waals surface area (Å²) >= 11 is 0. The molecule has 0 bridgehead atoms. The Hall–Kier alpha value is -0.620. The Balaban J connectivity index is 2.10. The topological polar surface area (TPSA) is 83.5 Å². The highest BCUT2D eigenvalue weighted by atomic mass is 32.2. The average molecular weight is 247 g/mol. The van der Waals surface area contributed by atoms with E-state index in [9.17, 15) is 13.2 Å². The van der Waals surface area contributed by atoms with Gasteiger partial charge in [0.1, 0.15) is 0 Å². The molecule has 0 saturated heterocycles. The van der Waals surface area contributed by atoms with Gasteiger partial charge in [-0.3, -0.25) is 4.79 Å². The number of aliphatic carboxylic acids is 1. The molecule has 16 heavy (non-hydrogen) atoms. The summed E-state index contributed by atoms with van der Waals surface area (Å²) in [5.41, 5.74) is -0.715. The van der Waals surface area contributed by atoms with Crippen LogP contribution >= 0.6 is 0 Å². The first kappa shape index (κ1) is 11.9. The van der Waals surface area contributed by atoms with Gasteiger partial charge in [0, 0.05) is 5.54 Å². The minimum absolute atomic E-state index is 0.0983. The van der Waals surface area contributed by atoms with Crippen LogP contribution in [-0.2, 0) is 14.8 Å². The molecule has 0 radical (unpaired) electrons. The number of nitrogens with one attached hydrogen (secondary N) is 1. The summed E-state index contributed by atoms with van der Waals surface area (Å²) in [4.78, 5) is 10.8. The first-order valence-corrected chi connectivity index (χ1v) is 7.23.